The van der Waals surface area contributed by atoms with Gasteiger partial charge in [-0.15, -0.1) is 0 Å². The van der Waals surface area contributed by atoms with E-state index in [0.29, 0.717) is 6.61 Å². The van der Waals surface area contributed by atoms with Crippen LogP contribution in [0.3, 0.4) is 0 Å². The summed E-state index contributed by atoms with van der Waals surface area (Å²) in [5.74, 6) is -3.00. The maximum atomic E-state index is 14.4. The van der Waals surface area contributed by atoms with E-state index >= 15 is 0 Å². The number of halogens is 2. The lowest BCUT2D eigenvalue weighted by molar-refractivity contribution is -0.130. The van der Waals surface area contributed by atoms with Gasteiger partial charge in [0.25, 0.3) is 5.91 Å². The number of rotatable bonds is 7. The number of amides is 1. The van der Waals surface area contributed by atoms with Gasteiger partial charge in [-0.05, 0) is 31.9 Å². The molecule has 1 saturated heterocycles. The van der Waals surface area contributed by atoms with Crippen molar-refractivity contribution >= 4 is 5.91 Å². The van der Waals surface area contributed by atoms with Crippen molar-refractivity contribution in [3.8, 4) is 5.75 Å². The fourth-order valence-electron chi connectivity index (χ4n) is 2.33. The summed E-state index contributed by atoms with van der Waals surface area (Å²) in [6, 6.07) is 2.20. The van der Waals surface area contributed by atoms with Crippen LogP contribution in [-0.4, -0.2) is 31.8 Å². The molecule has 1 aliphatic rings. The minimum atomic E-state index is -1.49. The molecule has 2 N–H and O–H groups in total. The summed E-state index contributed by atoms with van der Waals surface area (Å²) in [5.41, 5.74) is 4.63. The van der Waals surface area contributed by atoms with Crippen LogP contribution in [0.15, 0.2) is 12.1 Å². The minimum Gasteiger partial charge on any atom is -0.488 e. The normalized spacial score (nSPS) is 19.1. The van der Waals surface area contributed by atoms with E-state index < -0.39 is 29.2 Å². The van der Waals surface area contributed by atoms with Crippen LogP contribution in [0.5, 0.6) is 5.75 Å². The molecule has 1 aliphatic heterocycles. The van der Waals surface area contributed by atoms with Crippen LogP contribution in [0.4, 0.5) is 8.78 Å². The first-order chi connectivity index (χ1) is 10.5. The van der Waals surface area contributed by atoms with Crippen LogP contribution in [0.25, 0.3) is 0 Å². The van der Waals surface area contributed by atoms with Crippen molar-refractivity contribution < 1.29 is 27.8 Å². The topological polar surface area (TPSA) is 70.8 Å². The predicted molar refractivity (Wildman–Crippen MR) is 74.4 cm³/mol. The highest BCUT2D eigenvalue weighted by molar-refractivity contribution is 5.80. The maximum Gasteiger partial charge on any atom is 0.251 e. The molecule has 0 aliphatic carbocycles. The van der Waals surface area contributed by atoms with Gasteiger partial charge in [-0.2, -0.15) is 0 Å². The van der Waals surface area contributed by atoms with E-state index in [0.717, 1.165) is 18.9 Å². The fraction of sp³-hybridized carbons (Fsp3) is 0.533. The zero-order valence-electron chi connectivity index (χ0n) is 12.3. The van der Waals surface area contributed by atoms with Gasteiger partial charge in [0.05, 0.1) is 11.7 Å². The quantitative estimate of drug-likeness (QED) is 0.836. The molecule has 122 valence electrons. The summed E-state index contributed by atoms with van der Waals surface area (Å²) < 4.78 is 44.1. The van der Waals surface area contributed by atoms with Crippen LogP contribution in [0.2, 0.25) is 0 Å². The lowest BCUT2D eigenvalue weighted by Gasteiger charge is -2.18. The number of carbonyl (C=O) groups is 1. The summed E-state index contributed by atoms with van der Waals surface area (Å²) in [5, 5.41) is 0. The van der Waals surface area contributed by atoms with Crippen LogP contribution in [-0.2, 0) is 14.3 Å². The largest absolute Gasteiger partial charge is 0.488 e. The SMILES string of the molecule is CCOC(C(N)=O)c1c(F)ccc(OCC2CCCO2)c1F. The number of hydrogen-bond acceptors (Lipinski definition) is 4. The van der Waals surface area contributed by atoms with E-state index in [-0.39, 0.29) is 25.1 Å². The van der Waals surface area contributed by atoms with Crippen molar-refractivity contribution in [3.05, 3.63) is 29.3 Å². The Bertz CT molecular complexity index is 533. The van der Waals surface area contributed by atoms with Gasteiger partial charge in [0.15, 0.2) is 17.7 Å². The second kappa shape index (κ2) is 7.51. The molecule has 1 amide bonds. The molecule has 2 rings (SSSR count). The Hall–Kier alpha value is -1.73. The first-order valence-corrected chi connectivity index (χ1v) is 7.17. The highest BCUT2D eigenvalue weighted by Crippen LogP contribution is 2.30. The third kappa shape index (κ3) is 3.72. The zero-order chi connectivity index (χ0) is 16.1. The molecule has 1 fully saturated rings. The average Bonchev–Trinajstić information content (AvgIpc) is 2.98. The zero-order valence-corrected chi connectivity index (χ0v) is 12.3. The van der Waals surface area contributed by atoms with E-state index in [1.54, 1.807) is 6.92 Å². The van der Waals surface area contributed by atoms with Gasteiger partial charge in [-0.3, -0.25) is 4.79 Å². The molecule has 1 aromatic carbocycles. The summed E-state index contributed by atoms with van der Waals surface area (Å²) in [7, 11) is 0. The van der Waals surface area contributed by atoms with E-state index in [2.05, 4.69) is 0 Å². The summed E-state index contributed by atoms with van der Waals surface area (Å²) in [6.45, 7) is 2.51. The van der Waals surface area contributed by atoms with E-state index in [1.165, 1.54) is 6.07 Å². The van der Waals surface area contributed by atoms with Crippen molar-refractivity contribution in [2.24, 2.45) is 5.73 Å². The van der Waals surface area contributed by atoms with Crippen molar-refractivity contribution in [1.82, 2.24) is 0 Å². The first-order valence-electron chi connectivity index (χ1n) is 7.17. The Balaban J connectivity index is 2.21. The maximum absolute atomic E-state index is 14.4. The molecule has 2 atom stereocenters. The number of hydrogen-bond donors (Lipinski definition) is 1. The Morgan fingerprint density at radius 2 is 2.27 bits per heavy atom. The van der Waals surface area contributed by atoms with Crippen LogP contribution in [0.1, 0.15) is 31.4 Å². The number of carbonyl (C=O) groups excluding carboxylic acids is 1. The fourth-order valence-corrected chi connectivity index (χ4v) is 2.33. The molecular formula is C15H19F2NO4. The standard InChI is InChI=1S/C15H19F2NO4/c1-2-20-14(15(18)19)12-10(16)5-6-11(13(12)17)22-8-9-4-3-7-21-9/h5-6,9,14H,2-4,7-8H2,1H3,(H2,18,19). The molecule has 0 radical (unpaired) electrons. The van der Waals surface area contributed by atoms with Crippen LogP contribution < -0.4 is 10.5 Å². The molecule has 2 unspecified atom stereocenters. The second-order valence-electron chi connectivity index (χ2n) is 4.96. The molecule has 7 heteroatoms. The number of benzene rings is 1. The van der Waals surface area contributed by atoms with Crippen molar-refractivity contribution in [3.63, 3.8) is 0 Å². The van der Waals surface area contributed by atoms with E-state index in [1.807, 2.05) is 0 Å². The van der Waals surface area contributed by atoms with Gasteiger partial charge in [-0.25, -0.2) is 8.78 Å². The Morgan fingerprint density at radius 1 is 1.50 bits per heavy atom. The third-order valence-electron chi connectivity index (χ3n) is 3.39. The molecule has 0 spiro atoms. The molecule has 0 aromatic heterocycles. The van der Waals surface area contributed by atoms with Gasteiger partial charge in [0.2, 0.25) is 0 Å². The Kier molecular flexibility index (Phi) is 5.68. The smallest absolute Gasteiger partial charge is 0.251 e. The Labute approximate surface area is 127 Å². The highest BCUT2D eigenvalue weighted by Gasteiger charge is 2.28. The highest BCUT2D eigenvalue weighted by atomic mass is 19.1. The van der Waals surface area contributed by atoms with E-state index in [9.17, 15) is 13.6 Å². The van der Waals surface area contributed by atoms with Crippen LogP contribution >= 0.6 is 0 Å². The average molecular weight is 315 g/mol. The minimum absolute atomic E-state index is 0.0908. The summed E-state index contributed by atoms with van der Waals surface area (Å²) >= 11 is 0. The second-order valence-corrected chi connectivity index (χ2v) is 4.96. The van der Waals surface area contributed by atoms with Gasteiger partial charge in [-0.1, -0.05) is 0 Å². The monoisotopic (exact) mass is 315 g/mol. The van der Waals surface area contributed by atoms with E-state index in [4.69, 9.17) is 19.9 Å². The van der Waals surface area contributed by atoms with Crippen molar-refractivity contribution in [2.45, 2.75) is 32.0 Å². The lowest BCUT2D eigenvalue weighted by Crippen LogP contribution is -2.26. The number of ether oxygens (including phenoxy) is 3. The molecule has 1 aromatic rings. The van der Waals surface area contributed by atoms with Crippen molar-refractivity contribution in [2.75, 3.05) is 19.8 Å². The summed E-state index contributed by atoms with van der Waals surface area (Å²) in [4.78, 5) is 11.4. The number of primary amides is 1. The lowest BCUT2D eigenvalue weighted by atomic mass is 10.1. The van der Waals surface area contributed by atoms with Gasteiger partial charge >= 0.3 is 0 Å². The summed E-state index contributed by atoms with van der Waals surface area (Å²) in [6.07, 6.45) is 0.167. The molecular weight excluding hydrogens is 296 g/mol. The Morgan fingerprint density at radius 3 is 2.86 bits per heavy atom. The predicted octanol–water partition coefficient (Wildman–Crippen LogP) is 2.09. The first kappa shape index (κ1) is 16.6. The number of nitrogens with two attached hydrogens (primary N) is 1. The molecule has 5 nitrogen and oxygen atoms in total. The van der Waals surface area contributed by atoms with Crippen LogP contribution in [0, 0.1) is 11.6 Å². The van der Waals surface area contributed by atoms with Gasteiger partial charge in [0, 0.05) is 13.2 Å². The molecule has 0 bridgehead atoms. The molecule has 22 heavy (non-hydrogen) atoms. The third-order valence-corrected chi connectivity index (χ3v) is 3.39. The molecule has 1 heterocycles. The van der Waals surface area contributed by atoms with Crippen molar-refractivity contribution in [1.29, 1.82) is 0 Å². The van der Waals surface area contributed by atoms with Gasteiger partial charge in [0.1, 0.15) is 12.4 Å². The molecule has 0 saturated carbocycles. The van der Waals surface area contributed by atoms with Gasteiger partial charge < -0.3 is 19.9 Å².